The fourth-order valence-electron chi connectivity index (χ4n) is 2.30. The Morgan fingerprint density at radius 3 is 2.57 bits per heavy atom. The van der Waals surface area contributed by atoms with E-state index >= 15 is 0 Å². The average molecular weight is 330 g/mol. The smallest absolute Gasteiger partial charge is 0.322 e. The molecule has 3 unspecified atom stereocenters. The van der Waals surface area contributed by atoms with Gasteiger partial charge in [-0.25, -0.2) is 0 Å². The molecular formula is C13H22N4O6. The van der Waals surface area contributed by atoms with Crippen molar-refractivity contribution in [2.45, 2.75) is 37.9 Å². The van der Waals surface area contributed by atoms with E-state index in [2.05, 4.69) is 10.6 Å². The number of aliphatic hydroxyl groups excluding tert-OH is 1. The normalized spacial score (nSPS) is 19.8. The van der Waals surface area contributed by atoms with E-state index in [9.17, 15) is 19.2 Å². The van der Waals surface area contributed by atoms with Gasteiger partial charge in [0.1, 0.15) is 24.7 Å². The van der Waals surface area contributed by atoms with Gasteiger partial charge in [0.2, 0.25) is 17.7 Å². The van der Waals surface area contributed by atoms with Crippen LogP contribution in [0.5, 0.6) is 0 Å². The largest absolute Gasteiger partial charge is 0.480 e. The summed E-state index contributed by atoms with van der Waals surface area (Å²) in [5, 5.41) is 22.0. The highest BCUT2D eigenvalue weighted by molar-refractivity contribution is 5.93. The van der Waals surface area contributed by atoms with Crippen LogP contribution in [0.25, 0.3) is 0 Å². The number of hydrogen-bond acceptors (Lipinski definition) is 6. The molecule has 23 heavy (non-hydrogen) atoms. The minimum absolute atomic E-state index is 0.344. The summed E-state index contributed by atoms with van der Waals surface area (Å²) in [4.78, 5) is 47.7. The fraction of sp³-hybridized carbons (Fsp3) is 0.692. The molecule has 0 radical (unpaired) electrons. The Morgan fingerprint density at radius 2 is 2.00 bits per heavy atom. The van der Waals surface area contributed by atoms with E-state index in [1.54, 1.807) is 0 Å². The second kappa shape index (κ2) is 8.44. The lowest BCUT2D eigenvalue weighted by atomic mass is 10.2. The first-order valence-corrected chi connectivity index (χ1v) is 7.24. The van der Waals surface area contributed by atoms with Crippen LogP contribution in [0.2, 0.25) is 0 Å². The predicted octanol–water partition coefficient (Wildman–Crippen LogP) is -3.00. The summed E-state index contributed by atoms with van der Waals surface area (Å²) >= 11 is 0. The molecule has 1 fully saturated rings. The number of carbonyl (C=O) groups is 4. The van der Waals surface area contributed by atoms with Crippen LogP contribution in [0, 0.1) is 0 Å². The van der Waals surface area contributed by atoms with Crippen molar-refractivity contribution in [1.29, 1.82) is 0 Å². The number of aliphatic carboxylic acids is 1. The Bertz CT molecular complexity index is 483. The number of likely N-dealkylation sites (tertiary alicyclic amines) is 1. The quantitative estimate of drug-likeness (QED) is 0.332. The third-order valence-corrected chi connectivity index (χ3v) is 3.52. The standard InChI is InChI=1S/C13H22N4O6/c1-7(16-11(21)8(14)6-18)13(23)17-4-2-3-9(17)12(22)15-5-10(19)20/h7-9,18H,2-6,14H2,1H3,(H,15,22)(H,16,21)(H,19,20). The molecule has 130 valence electrons. The summed E-state index contributed by atoms with van der Waals surface area (Å²) < 4.78 is 0. The minimum atomic E-state index is -1.17. The highest BCUT2D eigenvalue weighted by Gasteiger charge is 2.36. The second-order valence-corrected chi connectivity index (χ2v) is 5.32. The molecule has 1 aliphatic rings. The number of nitrogens with zero attached hydrogens (tertiary/aromatic N) is 1. The van der Waals surface area contributed by atoms with Gasteiger partial charge in [0.25, 0.3) is 0 Å². The van der Waals surface area contributed by atoms with E-state index in [-0.39, 0.29) is 0 Å². The van der Waals surface area contributed by atoms with E-state index in [4.69, 9.17) is 15.9 Å². The van der Waals surface area contributed by atoms with Crippen LogP contribution in [0.4, 0.5) is 0 Å². The molecule has 6 N–H and O–H groups in total. The Morgan fingerprint density at radius 1 is 1.35 bits per heavy atom. The zero-order valence-corrected chi connectivity index (χ0v) is 12.8. The van der Waals surface area contributed by atoms with Crippen LogP contribution >= 0.6 is 0 Å². The summed E-state index contributed by atoms with van der Waals surface area (Å²) in [6.45, 7) is 0.733. The summed E-state index contributed by atoms with van der Waals surface area (Å²) in [5.74, 6) is -2.84. The van der Waals surface area contributed by atoms with Crippen LogP contribution in [0.1, 0.15) is 19.8 Å². The molecule has 1 aliphatic heterocycles. The molecule has 1 heterocycles. The minimum Gasteiger partial charge on any atom is -0.480 e. The van der Waals surface area contributed by atoms with E-state index in [1.807, 2.05) is 0 Å². The lowest BCUT2D eigenvalue weighted by Gasteiger charge is -2.27. The molecular weight excluding hydrogens is 308 g/mol. The third-order valence-electron chi connectivity index (χ3n) is 3.52. The van der Waals surface area contributed by atoms with Crippen LogP contribution in [-0.4, -0.2) is 76.6 Å². The maximum absolute atomic E-state index is 12.4. The van der Waals surface area contributed by atoms with Gasteiger partial charge >= 0.3 is 5.97 Å². The van der Waals surface area contributed by atoms with Crippen molar-refractivity contribution < 1.29 is 29.4 Å². The van der Waals surface area contributed by atoms with Crippen molar-refractivity contribution in [1.82, 2.24) is 15.5 Å². The van der Waals surface area contributed by atoms with Gasteiger partial charge < -0.3 is 31.5 Å². The fourth-order valence-corrected chi connectivity index (χ4v) is 2.30. The van der Waals surface area contributed by atoms with E-state index < -0.39 is 55.0 Å². The number of aliphatic hydroxyl groups is 1. The Labute approximate surface area is 133 Å². The molecule has 0 saturated carbocycles. The number of nitrogens with two attached hydrogens (primary N) is 1. The number of carboxylic acid groups (broad SMARTS) is 1. The molecule has 0 aromatic heterocycles. The van der Waals surface area contributed by atoms with Crippen molar-refractivity contribution in [3.8, 4) is 0 Å². The first kappa shape index (κ1) is 18.8. The van der Waals surface area contributed by atoms with Crippen molar-refractivity contribution in [3.05, 3.63) is 0 Å². The van der Waals surface area contributed by atoms with Gasteiger partial charge in [0.15, 0.2) is 0 Å². The molecule has 10 nitrogen and oxygen atoms in total. The lowest BCUT2D eigenvalue weighted by Crippen LogP contribution is -2.55. The van der Waals surface area contributed by atoms with Crippen LogP contribution in [-0.2, 0) is 19.2 Å². The zero-order chi connectivity index (χ0) is 17.6. The van der Waals surface area contributed by atoms with Crippen molar-refractivity contribution in [2.75, 3.05) is 19.7 Å². The van der Waals surface area contributed by atoms with E-state index in [0.717, 1.165) is 0 Å². The van der Waals surface area contributed by atoms with Gasteiger partial charge in [-0.2, -0.15) is 0 Å². The zero-order valence-electron chi connectivity index (χ0n) is 12.8. The average Bonchev–Trinajstić information content (AvgIpc) is 3.00. The molecule has 0 aromatic carbocycles. The first-order chi connectivity index (χ1) is 10.8. The molecule has 0 bridgehead atoms. The van der Waals surface area contributed by atoms with Gasteiger partial charge in [0, 0.05) is 6.54 Å². The van der Waals surface area contributed by atoms with Crippen molar-refractivity contribution >= 4 is 23.7 Å². The number of hydrogen-bond donors (Lipinski definition) is 5. The summed E-state index contributed by atoms with van der Waals surface area (Å²) in [6, 6.07) is -2.79. The van der Waals surface area contributed by atoms with Gasteiger partial charge in [-0.3, -0.25) is 19.2 Å². The highest BCUT2D eigenvalue weighted by atomic mass is 16.4. The third kappa shape index (κ3) is 5.18. The van der Waals surface area contributed by atoms with Gasteiger partial charge in [-0.15, -0.1) is 0 Å². The Hall–Kier alpha value is -2.20. The number of nitrogens with one attached hydrogen (secondary N) is 2. The SMILES string of the molecule is CC(NC(=O)C(N)CO)C(=O)N1CCCC1C(=O)NCC(=O)O. The van der Waals surface area contributed by atoms with Gasteiger partial charge in [0.05, 0.1) is 6.61 Å². The molecule has 3 amide bonds. The highest BCUT2D eigenvalue weighted by Crippen LogP contribution is 2.18. The van der Waals surface area contributed by atoms with Crippen LogP contribution < -0.4 is 16.4 Å². The molecule has 0 spiro atoms. The molecule has 1 rings (SSSR count). The number of carboxylic acids is 1. The molecule has 1 saturated heterocycles. The maximum atomic E-state index is 12.4. The molecule has 0 aliphatic carbocycles. The predicted molar refractivity (Wildman–Crippen MR) is 78.0 cm³/mol. The Balaban J connectivity index is 2.64. The molecule has 0 aromatic rings. The molecule has 10 heteroatoms. The number of rotatable bonds is 7. The lowest BCUT2D eigenvalue weighted by molar-refractivity contribution is -0.142. The second-order valence-electron chi connectivity index (χ2n) is 5.32. The molecule has 3 atom stereocenters. The van der Waals surface area contributed by atoms with E-state index in [0.29, 0.717) is 19.4 Å². The van der Waals surface area contributed by atoms with Crippen LogP contribution in [0.3, 0.4) is 0 Å². The monoisotopic (exact) mass is 330 g/mol. The van der Waals surface area contributed by atoms with Crippen LogP contribution in [0.15, 0.2) is 0 Å². The maximum Gasteiger partial charge on any atom is 0.322 e. The van der Waals surface area contributed by atoms with Crippen molar-refractivity contribution in [3.63, 3.8) is 0 Å². The van der Waals surface area contributed by atoms with Gasteiger partial charge in [-0.05, 0) is 19.8 Å². The van der Waals surface area contributed by atoms with Gasteiger partial charge in [-0.1, -0.05) is 0 Å². The summed E-state index contributed by atoms with van der Waals surface area (Å²) in [7, 11) is 0. The van der Waals surface area contributed by atoms with E-state index in [1.165, 1.54) is 11.8 Å². The number of amides is 3. The summed E-state index contributed by atoms with van der Waals surface area (Å²) in [6.07, 6.45) is 1.03. The topological polar surface area (TPSA) is 162 Å². The first-order valence-electron chi connectivity index (χ1n) is 7.24. The summed E-state index contributed by atoms with van der Waals surface area (Å²) in [5.41, 5.74) is 5.36. The van der Waals surface area contributed by atoms with Crippen molar-refractivity contribution in [2.24, 2.45) is 5.73 Å². The number of carbonyl (C=O) groups excluding carboxylic acids is 3. The Kier molecular flexibility index (Phi) is 6.91.